The van der Waals surface area contributed by atoms with Crippen LogP contribution in [0.5, 0.6) is 0 Å². The molecule has 1 aliphatic heterocycles. The van der Waals surface area contributed by atoms with Gasteiger partial charge in [0, 0.05) is 24.7 Å². The zero-order valence-electron chi connectivity index (χ0n) is 9.33. The van der Waals surface area contributed by atoms with Crippen LogP contribution >= 0.6 is 0 Å². The number of ether oxygens (including phenoxy) is 1. The van der Waals surface area contributed by atoms with Crippen LogP contribution in [0.2, 0.25) is 0 Å². The predicted molar refractivity (Wildman–Crippen MR) is 57.2 cm³/mol. The number of nitrogens with zero attached hydrogens (tertiary/aromatic N) is 1. The maximum atomic E-state index is 5.94. The summed E-state index contributed by atoms with van der Waals surface area (Å²) in [5, 5.41) is 0. The Morgan fingerprint density at radius 3 is 2.64 bits per heavy atom. The van der Waals surface area contributed by atoms with E-state index in [4.69, 9.17) is 10.5 Å². The summed E-state index contributed by atoms with van der Waals surface area (Å²) in [6.45, 7) is 8.18. The highest BCUT2D eigenvalue weighted by Crippen LogP contribution is 2.42. The minimum absolute atomic E-state index is 0.308. The molecule has 0 radical (unpaired) electrons. The Morgan fingerprint density at radius 2 is 2.14 bits per heavy atom. The van der Waals surface area contributed by atoms with E-state index >= 15 is 0 Å². The summed E-state index contributed by atoms with van der Waals surface area (Å²) >= 11 is 0. The molecule has 2 rings (SSSR count). The van der Waals surface area contributed by atoms with E-state index in [0.717, 1.165) is 32.2 Å². The largest absolute Gasteiger partial charge is 0.379 e. The third kappa shape index (κ3) is 1.58. The van der Waals surface area contributed by atoms with Crippen molar-refractivity contribution in [2.24, 2.45) is 11.7 Å². The number of nitrogens with two attached hydrogens (primary N) is 1. The fourth-order valence-electron chi connectivity index (χ4n) is 3.19. The molecule has 1 heterocycles. The first-order chi connectivity index (χ1) is 6.68. The van der Waals surface area contributed by atoms with Crippen molar-refractivity contribution in [2.45, 2.75) is 38.3 Å². The van der Waals surface area contributed by atoms with Crippen LogP contribution in [0.15, 0.2) is 0 Å². The van der Waals surface area contributed by atoms with E-state index in [-0.39, 0.29) is 0 Å². The van der Waals surface area contributed by atoms with E-state index in [2.05, 4.69) is 18.7 Å². The Hall–Kier alpha value is -0.120. The lowest BCUT2D eigenvalue weighted by molar-refractivity contribution is -0.100. The molecule has 0 bridgehead atoms. The summed E-state index contributed by atoms with van der Waals surface area (Å²) in [5.41, 5.74) is 6.25. The number of rotatable bonds is 2. The standard InChI is InChI=1S/C11H22N2O/c1-9-5-11(6-9,8-12)13-3-4-14-7-10(13)2/h9-10H,3-8,12H2,1-2H3. The highest BCUT2D eigenvalue weighted by molar-refractivity contribution is 5.04. The fraction of sp³-hybridized carbons (Fsp3) is 1.00. The van der Waals surface area contributed by atoms with Gasteiger partial charge in [0.2, 0.25) is 0 Å². The molecule has 0 amide bonds. The summed E-state index contributed by atoms with van der Waals surface area (Å²) in [7, 11) is 0. The topological polar surface area (TPSA) is 38.5 Å². The minimum atomic E-state index is 0.308. The van der Waals surface area contributed by atoms with Crippen molar-refractivity contribution in [3.8, 4) is 0 Å². The average Bonchev–Trinajstić information content (AvgIpc) is 2.14. The third-order valence-electron chi connectivity index (χ3n) is 3.81. The van der Waals surface area contributed by atoms with E-state index in [1.807, 2.05) is 0 Å². The molecule has 14 heavy (non-hydrogen) atoms. The van der Waals surface area contributed by atoms with Crippen LogP contribution in [-0.4, -0.2) is 42.8 Å². The Balaban J connectivity index is 2.03. The molecule has 1 aliphatic carbocycles. The van der Waals surface area contributed by atoms with Crippen LogP contribution in [0.1, 0.15) is 26.7 Å². The van der Waals surface area contributed by atoms with E-state index in [1.165, 1.54) is 12.8 Å². The van der Waals surface area contributed by atoms with Gasteiger partial charge in [-0.15, -0.1) is 0 Å². The SMILES string of the molecule is CC1CC(CN)(N2CCOCC2C)C1. The molecule has 2 N–H and O–H groups in total. The molecule has 0 spiro atoms. The molecule has 1 atom stereocenters. The monoisotopic (exact) mass is 198 g/mol. The third-order valence-corrected chi connectivity index (χ3v) is 3.81. The molecule has 2 aliphatic rings. The Morgan fingerprint density at radius 1 is 1.43 bits per heavy atom. The maximum Gasteiger partial charge on any atom is 0.0620 e. The number of morpholine rings is 1. The molecule has 1 unspecified atom stereocenters. The van der Waals surface area contributed by atoms with Gasteiger partial charge in [-0.2, -0.15) is 0 Å². The van der Waals surface area contributed by atoms with Crippen LogP contribution in [0.25, 0.3) is 0 Å². The van der Waals surface area contributed by atoms with Gasteiger partial charge in [-0.3, -0.25) is 4.90 Å². The van der Waals surface area contributed by atoms with Gasteiger partial charge in [-0.25, -0.2) is 0 Å². The van der Waals surface area contributed by atoms with Gasteiger partial charge >= 0.3 is 0 Å². The van der Waals surface area contributed by atoms with Crippen molar-refractivity contribution in [3.05, 3.63) is 0 Å². The first-order valence-electron chi connectivity index (χ1n) is 5.72. The van der Waals surface area contributed by atoms with Gasteiger partial charge in [0.1, 0.15) is 0 Å². The van der Waals surface area contributed by atoms with Gasteiger partial charge in [-0.1, -0.05) is 6.92 Å². The van der Waals surface area contributed by atoms with Gasteiger partial charge in [-0.05, 0) is 25.7 Å². The van der Waals surface area contributed by atoms with Gasteiger partial charge < -0.3 is 10.5 Å². The number of hydrogen-bond donors (Lipinski definition) is 1. The molecule has 0 aromatic rings. The van der Waals surface area contributed by atoms with Crippen LogP contribution in [0.3, 0.4) is 0 Å². The zero-order valence-corrected chi connectivity index (χ0v) is 9.33. The first kappa shape index (κ1) is 10.4. The average molecular weight is 198 g/mol. The summed E-state index contributed by atoms with van der Waals surface area (Å²) in [5.74, 6) is 0.855. The van der Waals surface area contributed by atoms with Crippen molar-refractivity contribution >= 4 is 0 Å². The normalized spacial score (nSPS) is 44.8. The van der Waals surface area contributed by atoms with E-state index in [0.29, 0.717) is 11.6 Å². The second-order valence-electron chi connectivity index (χ2n) is 5.06. The van der Waals surface area contributed by atoms with E-state index < -0.39 is 0 Å². The number of hydrogen-bond acceptors (Lipinski definition) is 3. The van der Waals surface area contributed by atoms with Gasteiger partial charge in [0.25, 0.3) is 0 Å². The van der Waals surface area contributed by atoms with Crippen molar-refractivity contribution < 1.29 is 4.74 Å². The minimum Gasteiger partial charge on any atom is -0.379 e. The Labute approximate surface area is 86.6 Å². The Kier molecular flexibility index (Phi) is 2.82. The van der Waals surface area contributed by atoms with E-state index in [1.54, 1.807) is 0 Å². The van der Waals surface area contributed by atoms with Crippen LogP contribution in [0, 0.1) is 5.92 Å². The summed E-state index contributed by atoms with van der Waals surface area (Å²) in [6, 6.07) is 0.541. The molecule has 82 valence electrons. The van der Waals surface area contributed by atoms with Gasteiger partial charge in [0.05, 0.1) is 13.2 Å². The quantitative estimate of drug-likeness (QED) is 0.714. The van der Waals surface area contributed by atoms with Crippen molar-refractivity contribution in [2.75, 3.05) is 26.3 Å². The van der Waals surface area contributed by atoms with Crippen molar-refractivity contribution in [1.82, 2.24) is 4.90 Å². The summed E-state index contributed by atoms with van der Waals surface area (Å²) in [6.07, 6.45) is 2.54. The molecular formula is C11H22N2O. The molecule has 3 heteroatoms. The fourth-order valence-corrected chi connectivity index (χ4v) is 3.19. The van der Waals surface area contributed by atoms with Crippen molar-refractivity contribution in [3.63, 3.8) is 0 Å². The first-order valence-corrected chi connectivity index (χ1v) is 5.72. The maximum absolute atomic E-state index is 5.94. The van der Waals surface area contributed by atoms with Gasteiger partial charge in [0.15, 0.2) is 0 Å². The molecule has 3 nitrogen and oxygen atoms in total. The second kappa shape index (κ2) is 3.80. The molecule has 2 fully saturated rings. The second-order valence-corrected chi connectivity index (χ2v) is 5.06. The molecule has 1 saturated heterocycles. The van der Waals surface area contributed by atoms with E-state index in [9.17, 15) is 0 Å². The zero-order chi connectivity index (χ0) is 10.2. The lowest BCUT2D eigenvalue weighted by atomic mass is 9.67. The molecule has 1 saturated carbocycles. The highest BCUT2D eigenvalue weighted by atomic mass is 16.5. The Bertz CT molecular complexity index is 201. The lowest BCUT2D eigenvalue weighted by Gasteiger charge is -2.56. The molecule has 0 aromatic carbocycles. The van der Waals surface area contributed by atoms with Crippen LogP contribution < -0.4 is 5.73 Å². The van der Waals surface area contributed by atoms with Crippen LogP contribution in [-0.2, 0) is 4.74 Å². The smallest absolute Gasteiger partial charge is 0.0620 e. The highest BCUT2D eigenvalue weighted by Gasteiger charge is 2.47. The van der Waals surface area contributed by atoms with Crippen molar-refractivity contribution in [1.29, 1.82) is 0 Å². The molecule has 0 aromatic heterocycles. The predicted octanol–water partition coefficient (Wildman–Crippen LogP) is 0.834. The summed E-state index contributed by atoms with van der Waals surface area (Å²) < 4.78 is 5.46. The molecular weight excluding hydrogens is 176 g/mol. The van der Waals surface area contributed by atoms with Crippen LogP contribution in [0.4, 0.5) is 0 Å². The summed E-state index contributed by atoms with van der Waals surface area (Å²) in [4.78, 5) is 2.58. The lowest BCUT2D eigenvalue weighted by Crippen LogP contribution is -2.66.